The van der Waals surface area contributed by atoms with Gasteiger partial charge in [0.25, 0.3) is 0 Å². The maximum atomic E-state index is 12.5. The number of rotatable bonds is 3. The third-order valence-electron chi connectivity index (χ3n) is 3.04. The topological polar surface area (TPSA) is 72.0 Å². The maximum absolute atomic E-state index is 12.5. The second-order valence-electron chi connectivity index (χ2n) is 4.22. The molecule has 102 valence electrons. The molecule has 0 unspecified atom stereocenters. The van der Waals surface area contributed by atoms with Crippen LogP contribution in [0, 0.1) is 0 Å². The second-order valence-corrected chi connectivity index (χ2v) is 4.22. The van der Waals surface area contributed by atoms with Crippen molar-refractivity contribution >= 4 is 0 Å². The van der Waals surface area contributed by atoms with Gasteiger partial charge in [-0.2, -0.15) is 18.5 Å². The molecule has 2 aromatic heterocycles. The molecule has 1 aliphatic heterocycles. The van der Waals surface area contributed by atoms with Crippen molar-refractivity contribution in [2.45, 2.75) is 33.1 Å². The van der Waals surface area contributed by atoms with E-state index in [0.717, 1.165) is 22.8 Å². The molecule has 0 aliphatic carbocycles. The lowest BCUT2D eigenvalue weighted by Crippen LogP contribution is -2.13. The fourth-order valence-electron chi connectivity index (χ4n) is 2.22. The second kappa shape index (κ2) is 4.35. The summed E-state index contributed by atoms with van der Waals surface area (Å²) in [6.07, 6.45) is 0.984. The molecule has 0 saturated heterocycles. The van der Waals surface area contributed by atoms with Gasteiger partial charge in [0.2, 0.25) is 5.82 Å². The van der Waals surface area contributed by atoms with Gasteiger partial charge in [0.1, 0.15) is 6.33 Å². The first-order chi connectivity index (χ1) is 9.10. The molecule has 0 atom stereocenters. The smallest absolute Gasteiger partial charge is 0.324 e. The Morgan fingerprint density at radius 2 is 2.21 bits per heavy atom. The first-order valence-corrected chi connectivity index (χ1v) is 5.82. The molecular weight excluding hydrogens is 258 g/mol. The molecular formula is C10H12F2N6O. The SMILES string of the molecule is CCn1c(-c2ncn(C(F)F)n2)nc2c1CN(O)C2. The molecule has 7 nitrogen and oxygen atoms in total. The third kappa shape index (κ3) is 1.90. The average molecular weight is 270 g/mol. The van der Waals surface area contributed by atoms with Gasteiger partial charge >= 0.3 is 6.55 Å². The Balaban J connectivity index is 2.03. The van der Waals surface area contributed by atoms with E-state index in [1.54, 1.807) is 0 Å². The summed E-state index contributed by atoms with van der Waals surface area (Å²) in [5.74, 6) is 0.626. The highest BCUT2D eigenvalue weighted by molar-refractivity contribution is 5.46. The molecule has 0 radical (unpaired) electrons. The summed E-state index contributed by atoms with van der Waals surface area (Å²) in [6.45, 7) is 0.493. The fraction of sp³-hybridized carbons (Fsp3) is 0.500. The molecule has 1 aliphatic rings. The van der Waals surface area contributed by atoms with Gasteiger partial charge in [-0.15, -0.1) is 5.10 Å². The van der Waals surface area contributed by atoms with Gasteiger partial charge in [-0.3, -0.25) is 0 Å². The van der Waals surface area contributed by atoms with Crippen LogP contribution in [0.3, 0.4) is 0 Å². The van der Waals surface area contributed by atoms with Crippen molar-refractivity contribution in [3.05, 3.63) is 17.7 Å². The van der Waals surface area contributed by atoms with Gasteiger partial charge in [-0.1, -0.05) is 0 Å². The predicted molar refractivity (Wildman–Crippen MR) is 59.2 cm³/mol. The average Bonchev–Trinajstić information content (AvgIpc) is 3.00. The number of alkyl halides is 2. The molecule has 0 aromatic carbocycles. The first kappa shape index (κ1) is 12.2. The standard InChI is InChI=1S/C10H12F2N6O/c1-2-17-7-4-16(19)3-6(7)14-9(17)8-13-5-18(15-8)10(11)12/h5,10,19H,2-4H2,1H3. The van der Waals surface area contributed by atoms with Crippen LogP contribution in [0.4, 0.5) is 8.78 Å². The van der Waals surface area contributed by atoms with Gasteiger partial charge in [0, 0.05) is 6.54 Å². The molecule has 3 heterocycles. The summed E-state index contributed by atoms with van der Waals surface area (Å²) in [6, 6.07) is 0. The van der Waals surface area contributed by atoms with Crippen LogP contribution in [0.1, 0.15) is 24.9 Å². The summed E-state index contributed by atoms with van der Waals surface area (Å²) < 4.78 is 27.3. The Morgan fingerprint density at radius 1 is 1.42 bits per heavy atom. The van der Waals surface area contributed by atoms with Crippen molar-refractivity contribution in [1.29, 1.82) is 0 Å². The molecule has 19 heavy (non-hydrogen) atoms. The zero-order valence-electron chi connectivity index (χ0n) is 10.2. The lowest BCUT2D eigenvalue weighted by Gasteiger charge is -2.08. The van der Waals surface area contributed by atoms with Gasteiger partial charge in [0.05, 0.1) is 24.5 Å². The van der Waals surface area contributed by atoms with Gasteiger partial charge in [0.15, 0.2) is 5.82 Å². The van der Waals surface area contributed by atoms with Gasteiger partial charge < -0.3 is 9.77 Å². The lowest BCUT2D eigenvalue weighted by molar-refractivity contribution is -0.0985. The molecule has 9 heteroatoms. The summed E-state index contributed by atoms with van der Waals surface area (Å²) in [7, 11) is 0. The summed E-state index contributed by atoms with van der Waals surface area (Å²) in [5.41, 5.74) is 1.60. The Bertz CT molecular complexity index is 607. The Hall–Kier alpha value is -1.87. The minimum atomic E-state index is -2.72. The Kier molecular flexibility index (Phi) is 2.79. The molecule has 0 fully saturated rings. The van der Waals surface area contributed by atoms with Crippen LogP contribution in [0.5, 0.6) is 0 Å². The molecule has 0 saturated carbocycles. The summed E-state index contributed by atoms with van der Waals surface area (Å²) in [5, 5.41) is 14.3. The molecule has 3 rings (SSSR count). The number of nitrogens with zero attached hydrogens (tertiary/aromatic N) is 6. The largest absolute Gasteiger partial charge is 0.334 e. The molecule has 0 spiro atoms. The number of hydroxylamine groups is 2. The Labute approximate surface area is 107 Å². The minimum Gasteiger partial charge on any atom is -0.324 e. The number of imidazole rings is 1. The highest BCUT2D eigenvalue weighted by atomic mass is 19.3. The highest BCUT2D eigenvalue weighted by Crippen LogP contribution is 2.26. The molecule has 2 aromatic rings. The molecule has 0 bridgehead atoms. The van der Waals surface area contributed by atoms with E-state index >= 15 is 0 Å². The lowest BCUT2D eigenvalue weighted by atomic mass is 10.4. The van der Waals surface area contributed by atoms with Crippen LogP contribution in [0.25, 0.3) is 11.6 Å². The number of fused-ring (bicyclic) bond motifs is 1. The van der Waals surface area contributed by atoms with E-state index in [-0.39, 0.29) is 5.82 Å². The Morgan fingerprint density at radius 3 is 2.84 bits per heavy atom. The van der Waals surface area contributed by atoms with Crippen molar-refractivity contribution in [1.82, 2.24) is 29.4 Å². The van der Waals surface area contributed by atoms with E-state index in [2.05, 4.69) is 15.1 Å². The van der Waals surface area contributed by atoms with Crippen molar-refractivity contribution < 1.29 is 14.0 Å². The van der Waals surface area contributed by atoms with E-state index in [9.17, 15) is 14.0 Å². The van der Waals surface area contributed by atoms with E-state index < -0.39 is 6.55 Å². The fourth-order valence-corrected chi connectivity index (χ4v) is 2.22. The number of aromatic nitrogens is 5. The summed E-state index contributed by atoms with van der Waals surface area (Å²) in [4.78, 5) is 8.19. The van der Waals surface area contributed by atoms with Crippen molar-refractivity contribution in [2.75, 3.05) is 0 Å². The van der Waals surface area contributed by atoms with E-state index in [0.29, 0.717) is 30.1 Å². The van der Waals surface area contributed by atoms with E-state index in [4.69, 9.17) is 0 Å². The molecule has 1 N–H and O–H groups in total. The first-order valence-electron chi connectivity index (χ1n) is 5.82. The quantitative estimate of drug-likeness (QED) is 0.909. The van der Waals surface area contributed by atoms with Gasteiger partial charge in [-0.25, -0.2) is 9.97 Å². The van der Waals surface area contributed by atoms with E-state index in [1.807, 2.05) is 11.5 Å². The van der Waals surface area contributed by atoms with Crippen LogP contribution in [0.15, 0.2) is 6.33 Å². The summed E-state index contributed by atoms with van der Waals surface area (Å²) >= 11 is 0. The van der Waals surface area contributed by atoms with Crippen LogP contribution >= 0.6 is 0 Å². The zero-order chi connectivity index (χ0) is 13.6. The third-order valence-corrected chi connectivity index (χ3v) is 3.04. The van der Waals surface area contributed by atoms with E-state index in [1.165, 1.54) is 0 Å². The number of halogens is 2. The van der Waals surface area contributed by atoms with Crippen LogP contribution in [-0.4, -0.2) is 34.6 Å². The van der Waals surface area contributed by atoms with Crippen LogP contribution in [0.2, 0.25) is 0 Å². The van der Waals surface area contributed by atoms with Crippen molar-refractivity contribution in [3.63, 3.8) is 0 Å². The predicted octanol–water partition coefficient (Wildman–Crippen LogP) is 1.26. The highest BCUT2D eigenvalue weighted by Gasteiger charge is 2.27. The maximum Gasteiger partial charge on any atom is 0.334 e. The molecule has 0 amide bonds. The normalized spacial score (nSPS) is 15.4. The zero-order valence-corrected chi connectivity index (χ0v) is 10.2. The minimum absolute atomic E-state index is 0.168. The van der Waals surface area contributed by atoms with Crippen molar-refractivity contribution in [2.24, 2.45) is 0 Å². The van der Waals surface area contributed by atoms with Crippen LogP contribution < -0.4 is 0 Å². The monoisotopic (exact) mass is 270 g/mol. The number of hydrogen-bond donors (Lipinski definition) is 1. The van der Waals surface area contributed by atoms with Crippen LogP contribution in [-0.2, 0) is 19.6 Å². The van der Waals surface area contributed by atoms with Crippen molar-refractivity contribution in [3.8, 4) is 11.6 Å². The number of hydrogen-bond acceptors (Lipinski definition) is 5. The van der Waals surface area contributed by atoms with Gasteiger partial charge in [-0.05, 0) is 6.92 Å².